The van der Waals surface area contributed by atoms with Gasteiger partial charge in [-0.15, -0.1) is 12.4 Å². The van der Waals surface area contributed by atoms with E-state index in [0.717, 1.165) is 0 Å². The number of nitrogens with two attached hydrogens (primary N) is 1. The Labute approximate surface area is 52.6 Å². The van der Waals surface area contributed by atoms with Crippen molar-refractivity contribution in [1.82, 2.24) is 6.15 Å². The molecule has 0 radical (unpaired) electrons. The normalized spacial score (nSPS) is 8.57. The molecule has 0 aromatic carbocycles. The monoisotopic (exact) mass is 142 g/mol. The third kappa shape index (κ3) is 691. The molecule has 0 aromatic heterocycles. The maximum atomic E-state index is 5.49. The summed E-state index contributed by atoms with van der Waals surface area (Å²) in [6.07, 6.45) is 0. The van der Waals surface area contributed by atoms with Crippen LogP contribution in [0.25, 0.3) is 0 Å². The highest BCUT2D eigenvalue weighted by molar-refractivity contribution is 6.72. The third-order valence-corrected chi connectivity index (χ3v) is 0. The average Bonchev–Trinajstić information content (AvgIpc) is 0.722. The zero-order chi connectivity index (χ0) is 4.50. The zero-order valence-corrected chi connectivity index (χ0v) is 7.01. The van der Waals surface area contributed by atoms with Crippen molar-refractivity contribution in [1.29, 1.82) is 0 Å². The number of hydrogen-bond acceptors (Lipinski definition) is 2. The van der Waals surface area contributed by atoms with Crippen molar-refractivity contribution in [3.63, 3.8) is 0 Å². The van der Waals surface area contributed by atoms with Gasteiger partial charge >= 0.3 is 0 Å². The van der Waals surface area contributed by atoms with E-state index in [1.54, 1.807) is 0 Å². The van der Waals surface area contributed by atoms with Crippen molar-refractivity contribution in [2.75, 3.05) is 0 Å². The van der Waals surface area contributed by atoms with E-state index >= 15 is 0 Å². The molecule has 4 heteroatoms. The highest BCUT2D eigenvalue weighted by Crippen LogP contribution is 1.83. The van der Waals surface area contributed by atoms with Gasteiger partial charge in [0.05, 0.1) is 0 Å². The lowest BCUT2D eigenvalue weighted by Crippen LogP contribution is -2.32. The van der Waals surface area contributed by atoms with Gasteiger partial charge in [0.2, 0.25) is 0 Å². The van der Waals surface area contributed by atoms with Crippen LogP contribution in [0.3, 0.4) is 0 Å². The Bertz CT molecular complexity index is 28.4. The molecular formula is C3H15ClN2Si. The number of hydrogen-bond donors (Lipinski definition) is 2. The van der Waals surface area contributed by atoms with E-state index in [1.807, 2.05) is 0 Å². The van der Waals surface area contributed by atoms with Crippen LogP contribution in [0.15, 0.2) is 0 Å². The SMILES string of the molecule is C[Si](C)(C)N.Cl.N. The molecular weight excluding hydrogens is 128 g/mol. The predicted molar refractivity (Wildman–Crippen MR) is 39.8 cm³/mol. The molecule has 2 nitrogen and oxygen atoms in total. The summed E-state index contributed by atoms with van der Waals surface area (Å²) >= 11 is 0. The molecule has 0 saturated heterocycles. The number of rotatable bonds is 0. The minimum Gasteiger partial charge on any atom is -0.351 e. The van der Waals surface area contributed by atoms with Crippen LogP contribution in [0.5, 0.6) is 0 Å². The van der Waals surface area contributed by atoms with Crippen molar-refractivity contribution < 1.29 is 0 Å². The van der Waals surface area contributed by atoms with Gasteiger partial charge in [-0.05, 0) is 0 Å². The summed E-state index contributed by atoms with van der Waals surface area (Å²) in [6.45, 7) is 6.31. The quantitative estimate of drug-likeness (QED) is 0.502. The average molecular weight is 143 g/mol. The Hall–Kier alpha value is 0.427. The molecule has 0 saturated carbocycles. The first-order chi connectivity index (χ1) is 2.00. The van der Waals surface area contributed by atoms with Gasteiger partial charge in [-0.2, -0.15) is 0 Å². The summed E-state index contributed by atoms with van der Waals surface area (Å²) in [6, 6.07) is 0. The number of halogens is 1. The van der Waals surface area contributed by atoms with E-state index in [9.17, 15) is 0 Å². The Kier molecular flexibility index (Phi) is 10.2. The molecule has 0 aromatic rings. The van der Waals surface area contributed by atoms with Crippen molar-refractivity contribution in [2.24, 2.45) is 5.40 Å². The molecule has 0 heterocycles. The molecule has 5 N–H and O–H groups in total. The fraction of sp³-hybridized carbons (Fsp3) is 1.00. The molecule has 0 rings (SSSR count). The van der Waals surface area contributed by atoms with E-state index in [-0.39, 0.29) is 18.6 Å². The molecule has 7 heavy (non-hydrogen) atoms. The van der Waals surface area contributed by atoms with E-state index in [0.29, 0.717) is 0 Å². The summed E-state index contributed by atoms with van der Waals surface area (Å²) in [5.74, 6) is 0. The van der Waals surface area contributed by atoms with Gasteiger partial charge in [0.15, 0.2) is 0 Å². The first kappa shape index (κ1) is 15.7. The minimum atomic E-state index is -1.11. The van der Waals surface area contributed by atoms with Crippen LogP contribution in [-0.4, -0.2) is 8.24 Å². The largest absolute Gasteiger partial charge is 0.351 e. The zero-order valence-electron chi connectivity index (χ0n) is 5.19. The van der Waals surface area contributed by atoms with E-state index in [4.69, 9.17) is 5.40 Å². The van der Waals surface area contributed by atoms with Gasteiger partial charge < -0.3 is 11.5 Å². The minimum absolute atomic E-state index is 0. The second kappa shape index (κ2) is 4.58. The third-order valence-electron chi connectivity index (χ3n) is 0. The fourth-order valence-electron chi connectivity index (χ4n) is 0. The van der Waals surface area contributed by atoms with Crippen molar-refractivity contribution in [2.45, 2.75) is 19.6 Å². The highest BCUT2D eigenvalue weighted by atomic mass is 35.5. The summed E-state index contributed by atoms with van der Waals surface area (Å²) in [5.41, 5.74) is 0. The lowest BCUT2D eigenvalue weighted by Gasteiger charge is -2.02. The van der Waals surface area contributed by atoms with Crippen molar-refractivity contribution in [3.05, 3.63) is 0 Å². The van der Waals surface area contributed by atoms with Crippen LogP contribution in [0.2, 0.25) is 19.6 Å². The van der Waals surface area contributed by atoms with Gasteiger partial charge in [-0.25, -0.2) is 0 Å². The van der Waals surface area contributed by atoms with Crippen LogP contribution in [0.4, 0.5) is 0 Å². The fourth-order valence-corrected chi connectivity index (χ4v) is 0. The molecule has 0 aliphatic carbocycles. The summed E-state index contributed by atoms with van der Waals surface area (Å²) in [7, 11) is -1.11. The Balaban J connectivity index is -0.0000000800. The van der Waals surface area contributed by atoms with Crippen molar-refractivity contribution in [3.8, 4) is 0 Å². The highest BCUT2D eigenvalue weighted by Gasteiger charge is 2.00. The molecule has 0 atom stereocenters. The first-order valence-corrected chi connectivity index (χ1v) is 5.37. The maximum absolute atomic E-state index is 5.49. The molecule has 0 bridgehead atoms. The smallest absolute Gasteiger partial charge is 0.113 e. The van der Waals surface area contributed by atoms with Crippen LogP contribution in [-0.2, 0) is 0 Å². The molecule has 0 amide bonds. The van der Waals surface area contributed by atoms with Gasteiger partial charge in [0.25, 0.3) is 0 Å². The molecule has 48 valence electrons. The van der Waals surface area contributed by atoms with E-state index in [2.05, 4.69) is 19.6 Å². The molecule has 0 spiro atoms. The molecule has 0 fully saturated rings. The van der Waals surface area contributed by atoms with E-state index < -0.39 is 8.24 Å². The van der Waals surface area contributed by atoms with Gasteiger partial charge in [0.1, 0.15) is 8.24 Å². The standard InChI is InChI=1S/C3H11NSi.ClH.H3N/c1-5(2,3)4;;/h4H2,1-3H3;1H;1H3. The molecule has 0 aliphatic heterocycles. The van der Waals surface area contributed by atoms with Gasteiger partial charge in [0, 0.05) is 0 Å². The Morgan fingerprint density at radius 1 is 1.14 bits per heavy atom. The summed E-state index contributed by atoms with van der Waals surface area (Å²) in [4.78, 5) is 0. The Morgan fingerprint density at radius 3 is 1.14 bits per heavy atom. The maximum Gasteiger partial charge on any atom is 0.113 e. The first-order valence-electron chi connectivity index (χ1n) is 1.79. The summed E-state index contributed by atoms with van der Waals surface area (Å²) in [5, 5.41) is 5.49. The second-order valence-corrected chi connectivity index (χ2v) is 7.10. The predicted octanol–water partition coefficient (Wildman–Crippen LogP) is 1.36. The lowest BCUT2D eigenvalue weighted by atomic mass is 11.8. The van der Waals surface area contributed by atoms with E-state index in [1.165, 1.54) is 0 Å². The lowest BCUT2D eigenvalue weighted by molar-refractivity contribution is 1.58. The van der Waals surface area contributed by atoms with Crippen LogP contribution in [0.1, 0.15) is 0 Å². The van der Waals surface area contributed by atoms with Crippen molar-refractivity contribution >= 4 is 20.6 Å². The van der Waals surface area contributed by atoms with Crippen LogP contribution in [0, 0.1) is 0 Å². The summed E-state index contributed by atoms with van der Waals surface area (Å²) < 4.78 is 0. The topological polar surface area (TPSA) is 61.0 Å². The second-order valence-electron chi connectivity index (χ2n) is 2.37. The van der Waals surface area contributed by atoms with Gasteiger partial charge in [-0.3, -0.25) is 0 Å². The Morgan fingerprint density at radius 2 is 1.14 bits per heavy atom. The van der Waals surface area contributed by atoms with Crippen LogP contribution < -0.4 is 11.5 Å². The van der Waals surface area contributed by atoms with Crippen LogP contribution >= 0.6 is 12.4 Å². The molecule has 0 unspecified atom stereocenters. The molecule has 0 aliphatic rings. The van der Waals surface area contributed by atoms with Gasteiger partial charge in [-0.1, -0.05) is 19.6 Å².